The molecule has 0 spiro atoms. The summed E-state index contributed by atoms with van der Waals surface area (Å²) in [5.74, 6) is 4.35. The van der Waals surface area contributed by atoms with E-state index in [-0.39, 0.29) is 0 Å². The maximum atomic E-state index is 2.52. The van der Waals surface area contributed by atoms with Crippen molar-refractivity contribution >= 4 is 113 Å². The first-order chi connectivity index (χ1) is 56.3. The molecule has 0 atom stereocenters. The second-order valence-corrected chi connectivity index (χ2v) is 36.4. The Morgan fingerprint density at radius 2 is 0.812 bits per heavy atom. The van der Waals surface area contributed by atoms with E-state index in [4.69, 9.17) is 0 Å². The SMILES string of the molecule is Cc1cccc2c3ccccc3[n+]3cc(C)n(C)c3c12.Cc1cccc2c3ccccc3n3c(-c4c(CC(C)C)cccc4C(C)C)c[n+](C)c3c12.Cc1cccc2c3ccccc3n3c(-c4c(CC(C)C)cccc4CC(C)C)c[n+](C)c3c12.Cc1ccccc1-c1n(-c2c(C(C)C)cc3c(sc4ccccc43)c2C(C)C)cc[n+]1C. The first-order valence-corrected chi connectivity index (χ1v) is 43.4. The fourth-order valence-corrected chi connectivity index (χ4v) is 20.5. The largest absolute Gasteiger partial charge is 0.295 e. The summed E-state index contributed by atoms with van der Waals surface area (Å²) in [6, 6.07) is 80.2. The molecule has 0 unspecified atom stereocenters. The van der Waals surface area contributed by atoms with Crippen molar-refractivity contribution < 1.29 is 18.1 Å². The van der Waals surface area contributed by atoms with Gasteiger partial charge < -0.3 is 0 Å². The van der Waals surface area contributed by atoms with Crippen LogP contribution in [0.3, 0.4) is 0 Å². The van der Waals surface area contributed by atoms with Crippen LogP contribution >= 0.6 is 11.3 Å². The van der Waals surface area contributed by atoms with Gasteiger partial charge in [-0.2, -0.15) is 17.8 Å². The van der Waals surface area contributed by atoms with E-state index < -0.39 is 0 Å². The van der Waals surface area contributed by atoms with Crippen LogP contribution < -0.4 is 18.1 Å². The van der Waals surface area contributed by atoms with Crippen LogP contribution in [0.15, 0.2) is 249 Å². The zero-order chi connectivity index (χ0) is 82.3. The fraction of sp³-hybridized carbons (Fsp3) is 0.278. The van der Waals surface area contributed by atoms with Crippen LogP contribution in [0.25, 0.3) is 142 Å². The van der Waals surface area contributed by atoms with Crippen LogP contribution in [0.4, 0.5) is 0 Å². The monoisotopic (exact) mass is 1560 g/mol. The maximum Gasteiger partial charge on any atom is 0.295 e. The standard InChI is InChI=1S/C31H35N2.C30H33N2.C29H31N2S.C18H17N2/c1-20(2)17-23-12-10-13-24(18-21(3)4)30(23)28-19-32(6)31-29-22(5)11-9-15-26(29)25-14-7-8-16-27(25)33(28)31;1-19(2)17-22-12-10-14-23(20(3)4)29(22)27-18-31(6)30-28-21(5)11-9-15-25(28)24-13-7-8-16-26(24)32(27)30;1-18(2)23-17-24-22-13-9-10-14-25(22)32-28(24)26(19(3)4)27(23)31-16-15-30(6)29(31)21-12-8-7-11-20(21)5;1-12-7-6-9-15-14-8-4-5-10-16(14)20-11-13(2)19(3)18(20)17(12)15/h7-16,19-21H,17-18H2,1-6H3;7-16,18-20H,17H2,1-6H3;7-19H,1-6H3;4-11H,1-3H3/q4*+1. The third kappa shape index (κ3) is 14.1. The fourth-order valence-electron chi connectivity index (χ4n) is 19.1. The summed E-state index contributed by atoms with van der Waals surface area (Å²) in [6.45, 7) is 38.9. The third-order valence-corrected chi connectivity index (χ3v) is 25.6. The number of hydrogen-bond acceptors (Lipinski definition) is 1. The highest BCUT2D eigenvalue weighted by molar-refractivity contribution is 7.26. The summed E-state index contributed by atoms with van der Waals surface area (Å²) in [5, 5.41) is 14.7. The molecule has 0 saturated carbocycles. The molecule has 9 heteroatoms. The van der Waals surface area contributed by atoms with Crippen LogP contribution in [-0.2, 0) is 47.5 Å². The molecule has 0 N–H and O–H groups in total. The van der Waals surface area contributed by atoms with Crippen molar-refractivity contribution in [1.82, 2.24) is 17.9 Å². The van der Waals surface area contributed by atoms with Crippen molar-refractivity contribution in [3.63, 3.8) is 0 Å². The summed E-state index contributed by atoms with van der Waals surface area (Å²) in [7, 11) is 8.69. The lowest BCUT2D eigenvalue weighted by Gasteiger charge is -2.19. The lowest BCUT2D eigenvalue weighted by Crippen LogP contribution is -2.29. The zero-order valence-corrected chi connectivity index (χ0v) is 73.6. The van der Waals surface area contributed by atoms with Gasteiger partial charge in [-0.1, -0.05) is 265 Å². The summed E-state index contributed by atoms with van der Waals surface area (Å²) in [4.78, 5) is 0. The van der Waals surface area contributed by atoms with Crippen LogP contribution in [0.2, 0.25) is 0 Å². The number of nitrogens with zero attached hydrogens (tertiary/aromatic N) is 8. The average molecular weight is 1560 g/mol. The van der Waals surface area contributed by atoms with Crippen molar-refractivity contribution in [2.24, 2.45) is 45.9 Å². The summed E-state index contributed by atoms with van der Waals surface area (Å²) in [6.07, 6.45) is 14.6. The van der Waals surface area contributed by atoms with Crippen LogP contribution in [0.1, 0.15) is 162 Å². The number of pyridine rings is 3. The van der Waals surface area contributed by atoms with E-state index in [2.05, 4.69) is 431 Å². The zero-order valence-electron chi connectivity index (χ0n) is 72.7. The van der Waals surface area contributed by atoms with Gasteiger partial charge in [0.1, 0.15) is 58.9 Å². The lowest BCUT2D eigenvalue weighted by molar-refractivity contribution is -0.659. The predicted octanol–water partition coefficient (Wildman–Crippen LogP) is 26.4. The molecule has 0 aliphatic heterocycles. The van der Waals surface area contributed by atoms with Crippen molar-refractivity contribution in [2.45, 2.75) is 155 Å². The number of aromatic nitrogens is 8. The van der Waals surface area contributed by atoms with Crippen molar-refractivity contribution in [3.05, 3.63) is 311 Å². The molecule has 19 rings (SSSR count). The van der Waals surface area contributed by atoms with Crippen molar-refractivity contribution in [2.75, 3.05) is 0 Å². The van der Waals surface area contributed by atoms with Gasteiger partial charge in [0.15, 0.2) is 11.4 Å². The van der Waals surface area contributed by atoms with E-state index >= 15 is 0 Å². The minimum atomic E-state index is 0.414. The van der Waals surface area contributed by atoms with Crippen molar-refractivity contribution in [3.8, 4) is 39.6 Å². The van der Waals surface area contributed by atoms with E-state index in [0.29, 0.717) is 35.5 Å². The Balaban J connectivity index is 0.000000118. The average Bonchev–Trinajstić information content (AvgIpc) is 1.53. The summed E-state index contributed by atoms with van der Waals surface area (Å²) >= 11 is 1.94. The van der Waals surface area contributed by atoms with E-state index in [9.17, 15) is 0 Å². The molecule has 11 aromatic carbocycles. The molecule has 0 amide bonds. The van der Waals surface area contributed by atoms with Gasteiger partial charge in [-0.05, 0) is 163 Å². The predicted molar refractivity (Wildman–Crippen MR) is 498 cm³/mol. The molecule has 0 radical (unpaired) electrons. The summed E-state index contributed by atoms with van der Waals surface area (Å²) < 4.78 is 21.8. The highest BCUT2D eigenvalue weighted by Gasteiger charge is 2.33. The Morgan fingerprint density at radius 3 is 1.34 bits per heavy atom. The third-order valence-electron chi connectivity index (χ3n) is 24.4. The van der Waals surface area contributed by atoms with Gasteiger partial charge in [0.2, 0.25) is 0 Å². The van der Waals surface area contributed by atoms with Gasteiger partial charge in [-0.3, -0.25) is 0 Å². The second-order valence-electron chi connectivity index (χ2n) is 35.3. The molecule has 8 nitrogen and oxygen atoms in total. The number of thiophene rings is 1. The van der Waals surface area contributed by atoms with E-state index in [1.165, 1.54) is 203 Å². The number of hydrogen-bond donors (Lipinski definition) is 0. The number of aryl methyl sites for hydroxylation is 9. The van der Waals surface area contributed by atoms with Gasteiger partial charge in [-0.15, -0.1) is 11.3 Å². The molecule has 0 aliphatic rings. The number of fused-ring (bicyclic) bond motifs is 21. The quantitative estimate of drug-likeness (QED) is 0.0815. The van der Waals surface area contributed by atoms with Gasteiger partial charge in [0.25, 0.3) is 22.8 Å². The Bertz CT molecular complexity index is 7030. The van der Waals surface area contributed by atoms with E-state index in [1.807, 2.05) is 11.3 Å². The first kappa shape index (κ1) is 79.3. The normalized spacial score (nSPS) is 12.0. The van der Waals surface area contributed by atoms with Gasteiger partial charge in [0.05, 0.1) is 49.9 Å². The molecule has 0 fully saturated rings. The molecule has 8 heterocycles. The smallest absolute Gasteiger partial charge is 0.232 e. The van der Waals surface area contributed by atoms with Crippen LogP contribution in [0.5, 0.6) is 0 Å². The number of benzene rings is 11. The number of rotatable bonds is 13. The minimum Gasteiger partial charge on any atom is -0.232 e. The molecule has 0 bridgehead atoms. The Labute approximate surface area is 695 Å². The molecule has 590 valence electrons. The molecule has 117 heavy (non-hydrogen) atoms. The van der Waals surface area contributed by atoms with E-state index in [1.54, 1.807) is 0 Å². The second kappa shape index (κ2) is 32.2. The summed E-state index contributed by atoms with van der Waals surface area (Å²) in [5.41, 5.74) is 30.9. The number of para-hydroxylation sites is 3. The maximum absolute atomic E-state index is 2.52. The minimum absolute atomic E-state index is 0.414. The van der Waals surface area contributed by atoms with Crippen LogP contribution in [0, 0.1) is 52.4 Å². The van der Waals surface area contributed by atoms with Gasteiger partial charge in [-0.25, -0.2) is 18.3 Å². The Kier molecular flexibility index (Phi) is 21.8. The Morgan fingerprint density at radius 1 is 0.376 bits per heavy atom. The van der Waals surface area contributed by atoms with Gasteiger partial charge >= 0.3 is 0 Å². The lowest BCUT2D eigenvalue weighted by atomic mass is 9.88. The van der Waals surface area contributed by atoms with Crippen molar-refractivity contribution in [1.29, 1.82) is 0 Å². The van der Waals surface area contributed by atoms with E-state index in [0.717, 1.165) is 19.3 Å². The molecular weight excluding hydrogens is 1440 g/mol. The molecule has 8 aromatic heterocycles. The first-order valence-electron chi connectivity index (χ1n) is 42.6. The molecule has 0 aliphatic carbocycles. The highest BCUT2D eigenvalue weighted by Crippen LogP contribution is 2.47. The van der Waals surface area contributed by atoms with Gasteiger partial charge in [0, 0.05) is 81.7 Å². The Hall–Kier alpha value is -11.5. The molecule has 19 aromatic rings. The highest BCUT2D eigenvalue weighted by atomic mass is 32.1. The topological polar surface area (TPSA) is 34.4 Å². The molecular formula is C108H116N8S+4. The molecule has 0 saturated heterocycles. The number of imidazole rings is 4. The van der Waals surface area contributed by atoms with Crippen LogP contribution in [-0.4, -0.2) is 17.9 Å².